The molecule has 0 saturated heterocycles. The van der Waals surface area contributed by atoms with Gasteiger partial charge in [-0.15, -0.1) is 0 Å². The Labute approximate surface area is 210 Å². The van der Waals surface area contributed by atoms with Crippen LogP contribution in [-0.2, 0) is 16.1 Å². The second kappa shape index (κ2) is 10.1. The van der Waals surface area contributed by atoms with Crippen LogP contribution in [0.25, 0.3) is 0 Å². The molecule has 0 saturated carbocycles. The third-order valence-electron chi connectivity index (χ3n) is 6.90. The van der Waals surface area contributed by atoms with Crippen LogP contribution >= 0.6 is 0 Å². The summed E-state index contributed by atoms with van der Waals surface area (Å²) >= 11 is 0. The summed E-state index contributed by atoms with van der Waals surface area (Å²) in [5.41, 5.74) is 5.33. The van der Waals surface area contributed by atoms with Gasteiger partial charge in [0, 0.05) is 49.4 Å². The number of para-hydroxylation sites is 1. The van der Waals surface area contributed by atoms with E-state index in [0.717, 1.165) is 33.7 Å². The van der Waals surface area contributed by atoms with Gasteiger partial charge in [0.2, 0.25) is 11.8 Å². The van der Waals surface area contributed by atoms with Crippen molar-refractivity contribution >= 4 is 17.5 Å². The largest absolute Gasteiger partial charge is 0.484 e. The number of benzene rings is 3. The van der Waals surface area contributed by atoms with Gasteiger partial charge in [0.1, 0.15) is 17.7 Å². The number of carbonyl (C=O) groups is 2. The molecule has 0 radical (unpaired) electrons. The Morgan fingerprint density at radius 3 is 2.72 bits per heavy atom. The van der Waals surface area contributed by atoms with Crippen molar-refractivity contribution in [1.82, 2.24) is 10.2 Å². The lowest BCUT2D eigenvalue weighted by Gasteiger charge is -2.24. The summed E-state index contributed by atoms with van der Waals surface area (Å²) in [4.78, 5) is 27.5. The molecule has 0 bridgehead atoms. The highest BCUT2D eigenvalue weighted by molar-refractivity contribution is 6.05. The minimum Gasteiger partial charge on any atom is -0.484 e. The average Bonchev–Trinajstić information content (AvgIpc) is 3.04. The summed E-state index contributed by atoms with van der Waals surface area (Å²) in [7, 11) is 0. The van der Waals surface area contributed by atoms with Gasteiger partial charge in [0.05, 0.1) is 5.92 Å². The summed E-state index contributed by atoms with van der Waals surface area (Å²) in [6.45, 7) is 6.06. The van der Waals surface area contributed by atoms with Gasteiger partial charge < -0.3 is 15.4 Å². The molecule has 7 heteroatoms. The number of hydrogen-bond donors (Lipinski definition) is 2. The maximum absolute atomic E-state index is 14.6. The number of fused-ring (bicyclic) bond motifs is 2. The number of anilines is 1. The number of amides is 2. The van der Waals surface area contributed by atoms with Crippen LogP contribution in [0.4, 0.5) is 10.1 Å². The van der Waals surface area contributed by atoms with Crippen LogP contribution in [0.15, 0.2) is 60.7 Å². The summed E-state index contributed by atoms with van der Waals surface area (Å²) in [6.07, 6.45) is -0.360. The van der Waals surface area contributed by atoms with Gasteiger partial charge in [-0.2, -0.15) is 0 Å². The van der Waals surface area contributed by atoms with Gasteiger partial charge in [-0.25, -0.2) is 4.39 Å². The van der Waals surface area contributed by atoms with Crippen molar-refractivity contribution in [2.45, 2.75) is 38.8 Å². The molecule has 0 aliphatic carbocycles. The lowest BCUT2D eigenvalue weighted by molar-refractivity contribution is -0.125. The maximum Gasteiger partial charge on any atom is 0.232 e. The number of aryl methyl sites for hydroxylation is 2. The predicted octanol–water partition coefficient (Wildman–Crippen LogP) is 4.62. The van der Waals surface area contributed by atoms with E-state index in [1.165, 1.54) is 6.07 Å². The first-order valence-electron chi connectivity index (χ1n) is 12.3. The Bertz CT molecular complexity index is 1310. The molecule has 0 fully saturated rings. The topological polar surface area (TPSA) is 70.7 Å². The zero-order valence-corrected chi connectivity index (χ0v) is 20.5. The number of ether oxygens (including phenoxy) is 1. The Kier molecular flexibility index (Phi) is 6.74. The number of halogens is 1. The van der Waals surface area contributed by atoms with Crippen molar-refractivity contribution in [2.24, 2.45) is 0 Å². The molecule has 2 aliphatic heterocycles. The molecule has 2 atom stereocenters. The second-order valence-corrected chi connectivity index (χ2v) is 9.61. The van der Waals surface area contributed by atoms with Gasteiger partial charge in [0.25, 0.3) is 0 Å². The van der Waals surface area contributed by atoms with Crippen molar-refractivity contribution < 1.29 is 18.7 Å². The fourth-order valence-electron chi connectivity index (χ4n) is 5.16. The molecule has 36 heavy (non-hydrogen) atoms. The quantitative estimate of drug-likeness (QED) is 0.532. The van der Waals surface area contributed by atoms with Gasteiger partial charge in [-0.1, -0.05) is 54.1 Å². The molecule has 3 aromatic carbocycles. The Morgan fingerprint density at radius 1 is 1.11 bits per heavy atom. The Morgan fingerprint density at radius 2 is 1.89 bits per heavy atom. The SMILES string of the molecule is Cc1cc(C)c2c(c1)[C@@H](CC(=O)NCCN1Cc3ccccc3O[C@@H](c3ccccc3F)C1)C(=O)N2. The smallest absolute Gasteiger partial charge is 0.232 e. The molecule has 186 valence electrons. The van der Waals surface area contributed by atoms with E-state index >= 15 is 0 Å². The average molecular weight is 488 g/mol. The van der Waals surface area contributed by atoms with Crippen LogP contribution in [0.5, 0.6) is 5.75 Å². The Balaban J connectivity index is 1.23. The van der Waals surface area contributed by atoms with Crippen molar-refractivity contribution in [3.05, 3.63) is 94.3 Å². The first-order chi connectivity index (χ1) is 17.4. The fourth-order valence-corrected chi connectivity index (χ4v) is 5.16. The third kappa shape index (κ3) is 4.97. The molecule has 0 spiro atoms. The van der Waals surface area contributed by atoms with E-state index in [1.54, 1.807) is 12.1 Å². The van der Waals surface area contributed by atoms with E-state index in [-0.39, 0.29) is 24.1 Å². The van der Waals surface area contributed by atoms with Crippen molar-refractivity contribution in [2.75, 3.05) is 25.0 Å². The normalized spacial score (nSPS) is 19.0. The van der Waals surface area contributed by atoms with E-state index in [4.69, 9.17) is 4.74 Å². The Hall–Kier alpha value is -3.71. The maximum atomic E-state index is 14.6. The molecule has 3 aromatic rings. The van der Waals surface area contributed by atoms with Crippen molar-refractivity contribution in [1.29, 1.82) is 0 Å². The number of carbonyl (C=O) groups excluding carboxylic acids is 2. The van der Waals surface area contributed by atoms with Gasteiger partial charge in [-0.3, -0.25) is 14.5 Å². The van der Waals surface area contributed by atoms with E-state index in [2.05, 4.69) is 15.5 Å². The minimum absolute atomic E-state index is 0.103. The van der Waals surface area contributed by atoms with E-state index < -0.39 is 12.0 Å². The standard InChI is InChI=1S/C29H30FN3O3/c1-18-13-19(2)28-22(14-18)23(29(35)32-28)15-27(34)31-11-12-33-16-20-7-3-6-10-25(20)36-26(17-33)21-8-4-5-9-24(21)30/h3-10,13-14,23,26H,11-12,15-17H2,1-2H3,(H,31,34)(H,32,35)/t23-,26-/m1/s1. The monoisotopic (exact) mass is 487 g/mol. The summed E-state index contributed by atoms with van der Waals surface area (Å²) in [5, 5.41) is 5.90. The molecule has 2 amide bonds. The van der Waals surface area contributed by atoms with Gasteiger partial charge in [0.15, 0.2) is 0 Å². The molecule has 0 aromatic heterocycles. The molecule has 5 rings (SSSR count). The minimum atomic E-state index is -0.484. The molecule has 0 unspecified atom stereocenters. The zero-order chi connectivity index (χ0) is 25.2. The fraction of sp³-hybridized carbons (Fsp3) is 0.310. The summed E-state index contributed by atoms with van der Waals surface area (Å²) < 4.78 is 20.8. The first-order valence-corrected chi connectivity index (χ1v) is 12.3. The second-order valence-electron chi connectivity index (χ2n) is 9.61. The van der Waals surface area contributed by atoms with Crippen LogP contribution in [-0.4, -0.2) is 36.3 Å². The molecular weight excluding hydrogens is 457 g/mol. The highest BCUT2D eigenvalue weighted by Crippen LogP contribution is 2.38. The van der Waals surface area contributed by atoms with Gasteiger partial charge in [-0.05, 0) is 37.1 Å². The zero-order valence-electron chi connectivity index (χ0n) is 20.5. The number of nitrogens with zero attached hydrogens (tertiary/aromatic N) is 1. The van der Waals surface area contributed by atoms with Crippen LogP contribution in [0.1, 0.15) is 46.3 Å². The predicted molar refractivity (Wildman–Crippen MR) is 136 cm³/mol. The van der Waals surface area contributed by atoms with Crippen molar-refractivity contribution in [3.63, 3.8) is 0 Å². The number of rotatable bonds is 6. The van der Waals surface area contributed by atoms with E-state index in [1.807, 2.05) is 56.3 Å². The molecule has 2 aliphatic rings. The van der Waals surface area contributed by atoms with Crippen LogP contribution in [0, 0.1) is 19.7 Å². The highest BCUT2D eigenvalue weighted by atomic mass is 19.1. The summed E-state index contributed by atoms with van der Waals surface area (Å²) in [6, 6.07) is 18.5. The molecule has 6 nitrogen and oxygen atoms in total. The summed E-state index contributed by atoms with van der Waals surface area (Å²) in [5.74, 6) is -0.339. The highest BCUT2D eigenvalue weighted by Gasteiger charge is 2.33. The van der Waals surface area contributed by atoms with E-state index in [0.29, 0.717) is 31.7 Å². The number of hydrogen-bond acceptors (Lipinski definition) is 4. The number of nitrogens with one attached hydrogen (secondary N) is 2. The molecule has 2 N–H and O–H groups in total. The first kappa shape index (κ1) is 24.0. The van der Waals surface area contributed by atoms with Crippen LogP contribution < -0.4 is 15.4 Å². The third-order valence-corrected chi connectivity index (χ3v) is 6.90. The van der Waals surface area contributed by atoms with Crippen LogP contribution in [0.3, 0.4) is 0 Å². The molecular formula is C29H30FN3O3. The molecule has 2 heterocycles. The van der Waals surface area contributed by atoms with Gasteiger partial charge >= 0.3 is 0 Å². The lowest BCUT2D eigenvalue weighted by Crippen LogP contribution is -2.37. The van der Waals surface area contributed by atoms with E-state index in [9.17, 15) is 14.0 Å². The lowest BCUT2D eigenvalue weighted by atomic mass is 9.94. The van der Waals surface area contributed by atoms with Crippen LogP contribution in [0.2, 0.25) is 0 Å². The van der Waals surface area contributed by atoms with Crippen molar-refractivity contribution in [3.8, 4) is 5.75 Å².